The van der Waals surface area contributed by atoms with Gasteiger partial charge in [-0.05, 0) is 171 Å². The van der Waals surface area contributed by atoms with E-state index in [-0.39, 0.29) is 69.9 Å². The maximum atomic E-state index is 14.8. The summed E-state index contributed by atoms with van der Waals surface area (Å²) in [7, 11) is 0. The van der Waals surface area contributed by atoms with Gasteiger partial charge < -0.3 is 25.6 Å². The van der Waals surface area contributed by atoms with E-state index in [0.717, 1.165) is 74.5 Å². The van der Waals surface area contributed by atoms with E-state index in [4.69, 9.17) is 4.74 Å². The van der Waals surface area contributed by atoms with Gasteiger partial charge in [-0.3, -0.25) is 19.2 Å². The van der Waals surface area contributed by atoms with Crippen LogP contribution in [0.5, 0.6) is 0 Å². The van der Waals surface area contributed by atoms with Gasteiger partial charge in [-0.2, -0.15) is 0 Å². The Balaban J connectivity index is 1.10. The second-order valence-corrected chi connectivity index (χ2v) is 25.7. The lowest BCUT2D eigenvalue weighted by molar-refractivity contribution is -0.281. The van der Waals surface area contributed by atoms with Gasteiger partial charge in [-0.1, -0.05) is 105 Å². The molecule has 10 nitrogen and oxygen atoms in total. The molecular weight excluding hydrogens is 817 g/mol. The molecule has 8 rings (SSSR count). The highest BCUT2D eigenvalue weighted by atomic mass is 16.6. The van der Waals surface area contributed by atoms with Gasteiger partial charge in [-0.25, -0.2) is 4.79 Å². The predicted molar refractivity (Wildman–Crippen MR) is 251 cm³/mol. The molecule has 2 amide bonds. The molecule has 7 aliphatic rings. The minimum Gasteiger partial charge on any atom is -0.481 e. The Morgan fingerprint density at radius 2 is 1.38 bits per heavy atom. The van der Waals surface area contributed by atoms with Crippen molar-refractivity contribution in [3.63, 3.8) is 0 Å². The van der Waals surface area contributed by atoms with Crippen molar-refractivity contribution in [2.24, 2.45) is 67.5 Å². The third-order valence-corrected chi connectivity index (χ3v) is 21.1. The summed E-state index contributed by atoms with van der Waals surface area (Å²) in [6.07, 6.45) is 9.73. The second-order valence-electron chi connectivity index (χ2n) is 25.7. The molecule has 0 aliphatic heterocycles. The van der Waals surface area contributed by atoms with Crippen LogP contribution in [0.3, 0.4) is 0 Å². The van der Waals surface area contributed by atoms with E-state index in [0.29, 0.717) is 31.6 Å². The van der Waals surface area contributed by atoms with Crippen LogP contribution in [0.1, 0.15) is 179 Å². The number of carboxylic acid groups (broad SMARTS) is 2. The maximum absolute atomic E-state index is 14.8. The third kappa shape index (κ3) is 6.52. The van der Waals surface area contributed by atoms with Crippen LogP contribution in [0.15, 0.2) is 41.5 Å². The quantitative estimate of drug-likeness (QED) is 0.191. The number of ketones is 1. The molecule has 65 heavy (non-hydrogen) atoms. The van der Waals surface area contributed by atoms with Gasteiger partial charge in [0, 0.05) is 6.42 Å². The smallest absolute Gasteiger partial charge is 0.408 e. The van der Waals surface area contributed by atoms with Crippen LogP contribution in [0, 0.1) is 67.5 Å². The maximum Gasteiger partial charge on any atom is 0.408 e. The number of ether oxygens (including phenoxy) is 1. The van der Waals surface area contributed by atoms with Gasteiger partial charge in [-0.15, -0.1) is 0 Å². The Labute approximate surface area is 388 Å². The first-order valence-corrected chi connectivity index (χ1v) is 25.2. The molecule has 10 heteroatoms. The van der Waals surface area contributed by atoms with Gasteiger partial charge in [0.25, 0.3) is 0 Å². The number of carbonyl (C=O) groups excluding carboxylic acids is 3. The van der Waals surface area contributed by atoms with E-state index < -0.39 is 51.0 Å². The minimum atomic E-state index is -1.20. The highest BCUT2D eigenvalue weighted by Crippen LogP contribution is 2.81. The molecule has 1 aromatic carbocycles. The van der Waals surface area contributed by atoms with E-state index in [1.165, 1.54) is 0 Å². The number of carbonyl (C=O) groups is 5. The molecular formula is C55H80N2O8. The SMILES string of the molecule is CC(C)C1=C2[C@H]3CC[C@@H]4[C@]5(C)CC[C@H]([C@@]6(C(=O)O)C[C@@](Cc7ccccc7)(C(=O)O)C6(C)C)C(C)(C)[C@H]5CC[C@@]4(C)[C@]3(C)CC[C@@]2(NC(=O)C2(NC(=O)OC(C)(C)C)CCCC2)CC1=O. The monoisotopic (exact) mass is 897 g/mol. The molecule has 0 heterocycles. The lowest BCUT2D eigenvalue weighted by atomic mass is 9.27. The largest absolute Gasteiger partial charge is 0.481 e. The van der Waals surface area contributed by atoms with Gasteiger partial charge in [0.1, 0.15) is 11.1 Å². The van der Waals surface area contributed by atoms with Crippen LogP contribution in [0.25, 0.3) is 0 Å². The summed E-state index contributed by atoms with van der Waals surface area (Å²) >= 11 is 0. The summed E-state index contributed by atoms with van der Waals surface area (Å²) in [6.45, 7) is 25.7. The molecule has 358 valence electrons. The molecule has 0 bridgehead atoms. The van der Waals surface area contributed by atoms with Gasteiger partial charge >= 0.3 is 18.0 Å². The fourth-order valence-corrected chi connectivity index (χ4v) is 17.8. The van der Waals surface area contributed by atoms with E-state index in [9.17, 15) is 34.2 Å². The van der Waals surface area contributed by atoms with Crippen LogP contribution in [-0.4, -0.2) is 56.6 Å². The minimum absolute atomic E-state index is 0.00122. The Morgan fingerprint density at radius 3 is 1.95 bits per heavy atom. The van der Waals surface area contributed by atoms with Crippen LogP contribution in [0.4, 0.5) is 4.79 Å². The second kappa shape index (κ2) is 15.2. The van der Waals surface area contributed by atoms with Crippen molar-refractivity contribution in [1.82, 2.24) is 10.6 Å². The van der Waals surface area contributed by atoms with Crippen LogP contribution in [-0.2, 0) is 30.3 Å². The molecule has 0 aromatic heterocycles. The number of carboxylic acids is 2. The van der Waals surface area contributed by atoms with Crippen LogP contribution in [0.2, 0.25) is 0 Å². The summed E-state index contributed by atoms with van der Waals surface area (Å²) in [5, 5.41) is 29.0. The normalized spacial score (nSPS) is 40.1. The molecule has 10 atom stereocenters. The molecule has 6 saturated carbocycles. The first-order chi connectivity index (χ1) is 30.0. The average Bonchev–Trinajstić information content (AvgIpc) is 3.78. The molecule has 0 spiro atoms. The molecule has 0 radical (unpaired) electrons. The standard InChI is InChI=1S/C55H80N2O8/c1-33(2)40-36(58)31-54(56-42(59)53(24-16-17-25-53)57-45(64)65-46(3,4)5)29-28-50(11)35(41(40)54)20-21-39-49(10)26-22-38(47(6,7)37(49)23-27-51(39,50)12)55(44(62)63)32-52(43(60)61,48(55,8)9)30-34-18-14-13-15-19-34/h13-15,18-19,33,35,37-39H,16-17,20-32H2,1-12H3,(H,56,59)(H,57,64)(H,60,61)(H,62,63)/t35-,37-,38+,39-,49-,50-,51-,52+,54-,55-/m1/s1. The molecule has 4 N–H and O–H groups in total. The molecule has 0 saturated heterocycles. The number of hydrogen-bond acceptors (Lipinski definition) is 6. The number of hydrogen-bond donors (Lipinski definition) is 4. The molecule has 0 unspecified atom stereocenters. The Hall–Kier alpha value is -3.69. The number of aliphatic carboxylic acids is 2. The first kappa shape index (κ1) is 47.8. The van der Waals surface area contributed by atoms with Crippen molar-refractivity contribution < 1.29 is 38.9 Å². The van der Waals surface area contributed by atoms with Crippen LogP contribution < -0.4 is 10.6 Å². The topological polar surface area (TPSA) is 159 Å². The summed E-state index contributed by atoms with van der Waals surface area (Å²) < 4.78 is 5.67. The molecule has 6 fully saturated rings. The lowest BCUT2D eigenvalue weighted by Gasteiger charge is -2.75. The van der Waals surface area contributed by atoms with E-state index in [2.05, 4.69) is 59.1 Å². The number of benzene rings is 1. The highest BCUT2D eigenvalue weighted by molar-refractivity contribution is 6.03. The highest BCUT2D eigenvalue weighted by Gasteiger charge is 2.80. The number of Topliss-reactive ketones (excluding diaryl/α,β-unsaturated/α-hetero) is 1. The zero-order valence-electron chi connectivity index (χ0n) is 41.7. The number of fused-ring (bicyclic) bond motifs is 7. The number of nitrogens with one attached hydrogen (secondary N) is 2. The van der Waals surface area contributed by atoms with Crippen molar-refractivity contribution in [3.05, 3.63) is 47.0 Å². The molecule has 7 aliphatic carbocycles. The molecule has 1 aromatic rings. The summed E-state index contributed by atoms with van der Waals surface area (Å²) in [5.74, 6) is -1.34. The van der Waals surface area contributed by atoms with Crippen LogP contribution >= 0.6 is 0 Å². The fraction of sp³-hybridized carbons (Fsp3) is 0.764. The summed E-state index contributed by atoms with van der Waals surface area (Å²) in [6, 6.07) is 9.68. The zero-order valence-corrected chi connectivity index (χ0v) is 41.7. The fourth-order valence-electron chi connectivity index (χ4n) is 17.8. The van der Waals surface area contributed by atoms with E-state index in [1.807, 2.05) is 65.0 Å². The van der Waals surface area contributed by atoms with Crippen molar-refractivity contribution in [1.29, 1.82) is 0 Å². The number of alkyl carbamates (subject to hydrolysis) is 1. The van der Waals surface area contributed by atoms with E-state index in [1.54, 1.807) is 0 Å². The third-order valence-electron chi connectivity index (χ3n) is 21.1. The average molecular weight is 897 g/mol. The summed E-state index contributed by atoms with van der Waals surface area (Å²) in [4.78, 5) is 69.8. The Bertz CT molecular complexity index is 2180. The first-order valence-electron chi connectivity index (χ1n) is 25.2. The van der Waals surface area contributed by atoms with Gasteiger partial charge in [0.15, 0.2) is 5.78 Å². The Morgan fingerprint density at radius 1 is 0.754 bits per heavy atom. The van der Waals surface area contributed by atoms with Crippen molar-refractivity contribution >= 4 is 29.7 Å². The number of amides is 2. The Kier molecular flexibility index (Phi) is 11.1. The van der Waals surface area contributed by atoms with Gasteiger partial charge in [0.05, 0.1) is 16.4 Å². The van der Waals surface area contributed by atoms with Gasteiger partial charge in [0.2, 0.25) is 5.91 Å². The predicted octanol–water partition coefficient (Wildman–Crippen LogP) is 11.1. The number of allylic oxidation sites excluding steroid dienone is 1. The zero-order chi connectivity index (χ0) is 47.8. The van der Waals surface area contributed by atoms with E-state index >= 15 is 0 Å². The van der Waals surface area contributed by atoms with Crippen molar-refractivity contribution in [2.75, 3.05) is 0 Å². The van der Waals surface area contributed by atoms with Crippen molar-refractivity contribution in [2.45, 2.75) is 196 Å². The lowest BCUT2D eigenvalue weighted by Crippen LogP contribution is -2.75. The summed E-state index contributed by atoms with van der Waals surface area (Å²) in [5.41, 5.74) is -3.75. The van der Waals surface area contributed by atoms with Crippen molar-refractivity contribution in [3.8, 4) is 0 Å². The number of rotatable bonds is 9.